The molecule has 0 radical (unpaired) electrons. The van der Waals surface area contributed by atoms with Crippen LogP contribution in [0.4, 0.5) is 4.79 Å². The minimum absolute atomic E-state index is 0.118. The molecule has 0 aromatic heterocycles. The summed E-state index contributed by atoms with van der Waals surface area (Å²) in [6.07, 6.45) is 9.36. The molecule has 2 bridgehead atoms. The number of hydrogen-bond donors (Lipinski definition) is 0. The van der Waals surface area contributed by atoms with Gasteiger partial charge in [0.25, 0.3) is 0 Å². The lowest BCUT2D eigenvalue weighted by Gasteiger charge is -2.33. The Bertz CT molecular complexity index is 929. The first-order chi connectivity index (χ1) is 13.8. The predicted molar refractivity (Wildman–Crippen MR) is 111 cm³/mol. The summed E-state index contributed by atoms with van der Waals surface area (Å²) in [5.74, 6) is 0.118. The zero-order valence-electron chi connectivity index (χ0n) is 16.2. The molecule has 28 heavy (non-hydrogen) atoms. The molecule has 3 aliphatic rings. The number of benzene rings is 2. The minimum atomic E-state index is -0.162. The normalized spacial score (nSPS) is 22.9. The van der Waals surface area contributed by atoms with Gasteiger partial charge in [-0.25, -0.2) is 4.79 Å². The van der Waals surface area contributed by atoms with Crippen LogP contribution in [0.1, 0.15) is 43.2 Å². The molecule has 2 heterocycles. The summed E-state index contributed by atoms with van der Waals surface area (Å²) in [5, 5.41) is 0. The molecular weight excluding hydrogens is 346 g/mol. The topological polar surface area (TPSA) is 29.5 Å². The lowest BCUT2D eigenvalue weighted by molar-refractivity contribution is 0.0854. The van der Waals surface area contributed by atoms with Crippen LogP contribution in [-0.2, 0) is 4.74 Å². The molecule has 2 aromatic rings. The average molecular weight is 371 g/mol. The largest absolute Gasteiger partial charge is 0.448 e. The van der Waals surface area contributed by atoms with Crippen LogP contribution < -0.4 is 0 Å². The van der Waals surface area contributed by atoms with E-state index < -0.39 is 0 Å². The molecule has 1 saturated heterocycles. The van der Waals surface area contributed by atoms with E-state index in [2.05, 4.69) is 66.8 Å². The number of hydrogen-bond acceptors (Lipinski definition) is 2. The van der Waals surface area contributed by atoms with Crippen molar-refractivity contribution in [2.24, 2.45) is 0 Å². The minimum Gasteiger partial charge on any atom is -0.448 e. The summed E-state index contributed by atoms with van der Waals surface area (Å²) < 4.78 is 5.89. The van der Waals surface area contributed by atoms with Gasteiger partial charge in [0, 0.05) is 12.0 Å². The van der Waals surface area contributed by atoms with E-state index in [0.717, 1.165) is 19.3 Å². The third-order valence-corrected chi connectivity index (χ3v) is 6.35. The first-order valence-corrected chi connectivity index (χ1v) is 10.2. The van der Waals surface area contributed by atoms with Gasteiger partial charge in [-0.05, 0) is 54.0 Å². The maximum atomic E-state index is 13.0. The van der Waals surface area contributed by atoms with Gasteiger partial charge in [0.1, 0.15) is 6.61 Å². The quantitative estimate of drug-likeness (QED) is 0.695. The van der Waals surface area contributed by atoms with Gasteiger partial charge < -0.3 is 4.74 Å². The van der Waals surface area contributed by atoms with Gasteiger partial charge in [-0.1, -0.05) is 66.8 Å². The Kier molecular flexibility index (Phi) is 4.31. The monoisotopic (exact) mass is 371 g/mol. The van der Waals surface area contributed by atoms with E-state index >= 15 is 0 Å². The molecule has 0 saturated carbocycles. The van der Waals surface area contributed by atoms with Crippen LogP contribution in [-0.4, -0.2) is 29.7 Å². The highest BCUT2D eigenvalue weighted by molar-refractivity contribution is 5.79. The van der Waals surface area contributed by atoms with Crippen LogP contribution in [0, 0.1) is 0 Å². The number of carbonyl (C=O) groups excluding carboxylic acids is 1. The van der Waals surface area contributed by atoms with Crippen LogP contribution in [0.2, 0.25) is 0 Å². The summed E-state index contributed by atoms with van der Waals surface area (Å²) in [5.41, 5.74) is 6.38. The first kappa shape index (κ1) is 17.3. The maximum absolute atomic E-state index is 13.0. The number of carbonyl (C=O) groups is 1. The molecule has 2 aromatic carbocycles. The Balaban J connectivity index is 1.34. The Morgan fingerprint density at radius 1 is 1.07 bits per heavy atom. The molecule has 3 nitrogen and oxygen atoms in total. The molecule has 1 amide bonds. The van der Waals surface area contributed by atoms with Crippen molar-refractivity contribution in [3.05, 3.63) is 83.5 Å². The molecule has 142 valence electrons. The van der Waals surface area contributed by atoms with Crippen molar-refractivity contribution in [3.63, 3.8) is 0 Å². The lowest BCUT2D eigenvalue weighted by atomic mass is 9.98. The van der Waals surface area contributed by atoms with Crippen LogP contribution in [0.15, 0.2) is 72.3 Å². The van der Waals surface area contributed by atoms with Crippen molar-refractivity contribution in [1.29, 1.82) is 0 Å². The van der Waals surface area contributed by atoms with E-state index in [9.17, 15) is 4.79 Å². The summed E-state index contributed by atoms with van der Waals surface area (Å²) in [4.78, 5) is 14.9. The smallest absolute Gasteiger partial charge is 0.410 e. The summed E-state index contributed by atoms with van der Waals surface area (Å²) in [6, 6.07) is 17.4. The van der Waals surface area contributed by atoms with Crippen LogP contribution >= 0.6 is 0 Å². The molecule has 5 rings (SSSR count). The Morgan fingerprint density at radius 2 is 1.75 bits per heavy atom. The highest BCUT2D eigenvalue weighted by Crippen LogP contribution is 2.44. The van der Waals surface area contributed by atoms with Gasteiger partial charge in [-0.2, -0.15) is 0 Å². The van der Waals surface area contributed by atoms with Crippen molar-refractivity contribution in [1.82, 2.24) is 4.90 Å². The molecule has 0 N–H and O–H groups in total. The van der Waals surface area contributed by atoms with Gasteiger partial charge in [-0.15, -0.1) is 0 Å². The first-order valence-electron chi connectivity index (χ1n) is 10.2. The zero-order valence-corrected chi connectivity index (χ0v) is 16.2. The second-order valence-electron chi connectivity index (χ2n) is 7.96. The van der Waals surface area contributed by atoms with Crippen molar-refractivity contribution in [3.8, 4) is 11.1 Å². The number of nitrogens with zero attached hydrogens (tertiary/aromatic N) is 1. The molecule has 0 spiro atoms. The summed E-state index contributed by atoms with van der Waals surface area (Å²) >= 11 is 0. The number of amides is 1. The van der Waals surface area contributed by atoms with Gasteiger partial charge in [0.15, 0.2) is 0 Å². The van der Waals surface area contributed by atoms with E-state index in [1.165, 1.54) is 27.8 Å². The molecule has 1 fully saturated rings. The van der Waals surface area contributed by atoms with Crippen LogP contribution in [0.25, 0.3) is 11.1 Å². The average Bonchev–Trinajstić information content (AvgIpc) is 3.18. The summed E-state index contributed by atoms with van der Waals surface area (Å²) in [6.45, 7) is 2.44. The Labute approximate surface area is 166 Å². The number of fused-ring (bicyclic) bond motifs is 5. The lowest BCUT2D eigenvalue weighted by Crippen LogP contribution is -2.43. The molecule has 2 atom stereocenters. The summed E-state index contributed by atoms with van der Waals surface area (Å²) in [7, 11) is 0. The van der Waals surface area contributed by atoms with Crippen molar-refractivity contribution < 1.29 is 9.53 Å². The Morgan fingerprint density at radius 3 is 2.39 bits per heavy atom. The third kappa shape index (κ3) is 2.77. The number of ether oxygens (including phenoxy) is 1. The molecule has 2 aliphatic heterocycles. The second-order valence-corrected chi connectivity index (χ2v) is 7.96. The predicted octanol–water partition coefficient (Wildman–Crippen LogP) is 5.67. The molecular formula is C25H25NO2. The van der Waals surface area contributed by atoms with Gasteiger partial charge in [0.2, 0.25) is 0 Å². The number of allylic oxidation sites excluding steroid dienone is 2. The van der Waals surface area contributed by atoms with Crippen molar-refractivity contribution >= 4 is 6.09 Å². The van der Waals surface area contributed by atoms with E-state index in [4.69, 9.17) is 4.74 Å². The second kappa shape index (κ2) is 6.97. The SMILES string of the molecule is C/C=C\C1=CC2CCC(C1)N2C(=O)OCC1c2ccccc2-c2ccccc21. The van der Waals surface area contributed by atoms with Gasteiger partial charge in [0.05, 0.1) is 6.04 Å². The third-order valence-electron chi connectivity index (χ3n) is 6.35. The van der Waals surface area contributed by atoms with Crippen molar-refractivity contribution in [2.45, 2.75) is 44.2 Å². The molecule has 2 unspecified atom stereocenters. The number of rotatable bonds is 3. The van der Waals surface area contributed by atoms with Gasteiger partial charge >= 0.3 is 6.09 Å². The Hall–Kier alpha value is -2.81. The van der Waals surface area contributed by atoms with Crippen LogP contribution in [0.3, 0.4) is 0 Å². The van der Waals surface area contributed by atoms with E-state index in [1.54, 1.807) is 0 Å². The van der Waals surface area contributed by atoms with E-state index in [-0.39, 0.29) is 24.1 Å². The van der Waals surface area contributed by atoms with Crippen molar-refractivity contribution in [2.75, 3.05) is 6.61 Å². The van der Waals surface area contributed by atoms with E-state index in [1.807, 2.05) is 11.8 Å². The fourth-order valence-electron chi connectivity index (χ4n) is 5.15. The zero-order chi connectivity index (χ0) is 19.1. The molecule has 3 heteroatoms. The maximum Gasteiger partial charge on any atom is 0.410 e. The van der Waals surface area contributed by atoms with Crippen LogP contribution in [0.5, 0.6) is 0 Å². The van der Waals surface area contributed by atoms with Gasteiger partial charge in [-0.3, -0.25) is 4.90 Å². The highest BCUT2D eigenvalue weighted by Gasteiger charge is 2.40. The fraction of sp³-hybridized carbons (Fsp3) is 0.320. The molecule has 1 aliphatic carbocycles. The fourth-order valence-corrected chi connectivity index (χ4v) is 5.15. The standard InChI is InChI=1S/C25H25NO2/c1-2-7-17-14-18-12-13-19(15-17)26(18)25(27)28-16-24-22-10-5-3-8-20(22)21-9-4-6-11-23(21)24/h2-11,14,18-19,24H,12-13,15-16H2,1H3/b7-2-. The van der Waals surface area contributed by atoms with E-state index in [0.29, 0.717) is 6.61 Å². The highest BCUT2D eigenvalue weighted by atomic mass is 16.6.